The Hall–Kier alpha value is -7.08. The number of fused-ring (bicyclic) bond motifs is 1. The number of aliphatic hydroxyl groups excluding tert-OH is 20. The Morgan fingerprint density at radius 2 is 0.791 bits per heavy atom. The molecule has 5 aliphatic heterocycles. The van der Waals surface area contributed by atoms with Crippen LogP contribution in [0, 0.1) is 25.7 Å². The zero-order chi connectivity index (χ0) is 80.9. The molecular formula is C78H104O32. The summed E-state index contributed by atoms with van der Waals surface area (Å²) in [5, 5.41) is 246. The zero-order valence-corrected chi connectivity index (χ0v) is 60.6. The lowest BCUT2D eigenvalue weighted by molar-refractivity contribution is -0.232. The van der Waals surface area contributed by atoms with Gasteiger partial charge in [-0.05, 0) is 78.6 Å². The van der Waals surface area contributed by atoms with Gasteiger partial charge in [-0.1, -0.05) is 146 Å². The second-order valence-electron chi connectivity index (χ2n) is 28.6. The predicted octanol–water partition coefficient (Wildman–Crippen LogP) is -0.984. The number of rotatable bonds is 16. The van der Waals surface area contributed by atoms with E-state index in [0.717, 1.165) is 60.7 Å². The first-order chi connectivity index (χ1) is 52.2. The van der Waals surface area contributed by atoms with Crippen LogP contribution in [0.2, 0.25) is 0 Å². The second-order valence-corrected chi connectivity index (χ2v) is 28.6. The van der Waals surface area contributed by atoms with Crippen molar-refractivity contribution in [2.45, 2.75) is 218 Å². The lowest BCUT2D eigenvalue weighted by Gasteiger charge is -2.40. The van der Waals surface area contributed by atoms with Crippen LogP contribution in [0.3, 0.4) is 0 Å². The summed E-state index contributed by atoms with van der Waals surface area (Å²) in [4.78, 5) is 23.5. The smallest absolute Gasteiger partial charge is 0.306 e. The fraction of sp³-hybridized carbons (Fsp3) is 0.538. The lowest BCUT2D eigenvalue weighted by Crippen LogP contribution is -2.55. The van der Waals surface area contributed by atoms with Crippen LogP contribution in [-0.2, 0) is 34.9 Å². The highest BCUT2D eigenvalue weighted by Gasteiger charge is 2.50. The molecule has 1 saturated carbocycles. The van der Waals surface area contributed by atoms with Crippen molar-refractivity contribution < 1.29 is 161 Å². The van der Waals surface area contributed by atoms with Crippen LogP contribution in [-0.4, -0.2) is 295 Å². The zero-order valence-electron chi connectivity index (χ0n) is 60.6. The van der Waals surface area contributed by atoms with Crippen LogP contribution in [0.4, 0.5) is 0 Å². The summed E-state index contributed by atoms with van der Waals surface area (Å²) in [6, 6.07) is 33.0. The van der Waals surface area contributed by atoms with Gasteiger partial charge in [-0.15, -0.1) is 0 Å². The lowest BCUT2D eigenvalue weighted by atomic mass is 9.80. The number of hydrogen-bond donors (Lipinski definition) is 25. The standard InChI is InChI=1S/C26H34O8.C14H18O9.2C13H18O5.C12H16O5/c27-13-20-22(29)23(30)24(31)25(34-20)21-18-12-15(6-7-16(18)8-9-19(21)28)11-17(26(32)33)10-14-4-2-1-3-5-14;1-4(16)8-5(17)2-6(18)9(11(8)20)14-13(22)12(21)10(19)7(3-15)23-14;1-7-2-4-8(5-3-7)13-12(17)11(16)10(15)9(6-14)18-13;1-7-3-2-4-8(5-7)13-12(17)11(16)10(15)9(6-14)18-13;13-6-8-9(14)10(15)11(16)12(17-8)7-4-2-1-3-5-7/h6-9,12,14,17,20,22-25,27-31H,1-5,10-11,13H2,(H,32,33);2,7,10,12-15,17-22H,3H2,1H3;2*2-5,9-17H,6H2,1H3;1-5,8-16H,6H2/t17-,20-,22-,23+,24+,25-;7-,10-,12+,13+,14-;2*9-,10-,11+,12+,13-;8-,9-,10+,11+,12-/m11111/s1. The molecule has 6 fully saturated rings. The molecular weight excluding hydrogens is 1450 g/mol. The van der Waals surface area contributed by atoms with E-state index in [9.17, 15) is 117 Å². The van der Waals surface area contributed by atoms with E-state index >= 15 is 0 Å². The molecule has 6 aromatic carbocycles. The summed E-state index contributed by atoms with van der Waals surface area (Å²) in [6.45, 7) is 2.43. The van der Waals surface area contributed by atoms with Gasteiger partial charge >= 0.3 is 5.97 Å². The highest BCUT2D eigenvalue weighted by atomic mass is 16.6. The van der Waals surface area contributed by atoms with Crippen LogP contribution in [0.1, 0.15) is 131 Å². The topological polar surface area (TPSA) is 586 Å². The summed E-state index contributed by atoms with van der Waals surface area (Å²) in [6.07, 6.45) is -24.6. The molecule has 12 rings (SSSR count). The maximum absolute atomic E-state index is 12.0. The molecule has 6 aliphatic rings. The Morgan fingerprint density at radius 1 is 0.391 bits per heavy atom. The molecule has 32 heteroatoms. The van der Waals surface area contributed by atoms with Gasteiger partial charge in [0.05, 0.1) is 44.5 Å². The highest BCUT2D eigenvalue weighted by molar-refractivity contribution is 6.00. The fourth-order valence-electron chi connectivity index (χ4n) is 14.5. The number of phenolic OH excluding ortho intramolecular Hbond substituents is 4. The molecule has 110 heavy (non-hydrogen) atoms. The largest absolute Gasteiger partial charge is 0.508 e. The first kappa shape index (κ1) is 88.5. The molecule has 608 valence electrons. The molecule has 0 spiro atoms. The number of aliphatic hydroxyl groups is 20. The summed E-state index contributed by atoms with van der Waals surface area (Å²) in [5.41, 5.74) is 4.28. The van der Waals surface area contributed by atoms with Crippen LogP contribution in [0.25, 0.3) is 10.8 Å². The van der Waals surface area contributed by atoms with E-state index in [4.69, 9.17) is 44.1 Å². The molecule has 0 aromatic heterocycles. The third-order valence-corrected chi connectivity index (χ3v) is 20.9. The Morgan fingerprint density at radius 3 is 1.22 bits per heavy atom. The average molecular weight is 1550 g/mol. The molecule has 5 heterocycles. The van der Waals surface area contributed by atoms with Crippen molar-refractivity contribution >= 4 is 22.5 Å². The number of aliphatic carboxylic acids is 1. The van der Waals surface area contributed by atoms with Gasteiger partial charge in [-0.2, -0.15) is 0 Å². The monoisotopic (exact) mass is 1550 g/mol. The van der Waals surface area contributed by atoms with Crippen molar-refractivity contribution in [3.05, 3.63) is 165 Å². The van der Waals surface area contributed by atoms with Gasteiger partial charge in [0.1, 0.15) is 181 Å². The van der Waals surface area contributed by atoms with E-state index in [1.165, 1.54) is 12.5 Å². The van der Waals surface area contributed by atoms with Crippen molar-refractivity contribution in [3.63, 3.8) is 0 Å². The number of carbonyl (C=O) groups is 2. The summed E-state index contributed by atoms with van der Waals surface area (Å²) >= 11 is 0. The maximum atomic E-state index is 12.0. The van der Waals surface area contributed by atoms with Gasteiger partial charge in [0, 0.05) is 11.6 Å². The van der Waals surface area contributed by atoms with Crippen molar-refractivity contribution in [1.29, 1.82) is 0 Å². The summed E-state index contributed by atoms with van der Waals surface area (Å²) in [7, 11) is 0. The minimum absolute atomic E-state index is 0.161. The van der Waals surface area contributed by atoms with Gasteiger partial charge in [-0.3, -0.25) is 9.59 Å². The van der Waals surface area contributed by atoms with Crippen LogP contribution in [0.15, 0.2) is 115 Å². The second kappa shape index (κ2) is 40.1. The van der Waals surface area contributed by atoms with Crippen molar-refractivity contribution in [3.8, 4) is 23.0 Å². The summed E-state index contributed by atoms with van der Waals surface area (Å²) < 4.78 is 27.2. The Labute approximate surface area is 632 Å². The fourth-order valence-corrected chi connectivity index (χ4v) is 14.5. The van der Waals surface area contributed by atoms with E-state index in [0.29, 0.717) is 40.8 Å². The highest BCUT2D eigenvalue weighted by Crippen LogP contribution is 2.47. The maximum Gasteiger partial charge on any atom is 0.306 e. The minimum atomic E-state index is -1.76. The molecule has 25 N–H and O–H groups in total. The molecule has 5 saturated heterocycles. The van der Waals surface area contributed by atoms with Gasteiger partial charge in [0.25, 0.3) is 0 Å². The summed E-state index contributed by atoms with van der Waals surface area (Å²) in [5.74, 6) is -3.96. The first-order valence-corrected chi connectivity index (χ1v) is 36.2. The number of carboxylic acids is 1. The number of aryl methyl sites for hydroxylation is 2. The van der Waals surface area contributed by atoms with E-state index in [-0.39, 0.29) is 11.3 Å². The normalized spacial score (nSPS) is 33.4. The predicted molar refractivity (Wildman–Crippen MR) is 385 cm³/mol. The van der Waals surface area contributed by atoms with E-state index in [1.807, 2.05) is 62.4 Å². The molecule has 0 bridgehead atoms. The van der Waals surface area contributed by atoms with Gasteiger partial charge in [0.15, 0.2) is 5.78 Å². The number of aromatic hydroxyl groups is 4. The molecule has 0 radical (unpaired) electrons. The Kier molecular flexibility index (Phi) is 32.2. The number of carboxylic acid groups (broad SMARTS) is 1. The molecule has 32 nitrogen and oxygen atoms in total. The van der Waals surface area contributed by atoms with E-state index in [2.05, 4.69) is 0 Å². The van der Waals surface area contributed by atoms with E-state index in [1.54, 1.807) is 54.6 Å². The third-order valence-electron chi connectivity index (χ3n) is 20.9. The molecule has 0 amide bonds. The average Bonchev–Trinajstić information content (AvgIpc) is 0.769. The van der Waals surface area contributed by atoms with Crippen LogP contribution in [0.5, 0.6) is 23.0 Å². The van der Waals surface area contributed by atoms with Gasteiger partial charge < -0.3 is 151 Å². The van der Waals surface area contributed by atoms with Crippen LogP contribution < -0.4 is 0 Å². The number of Topliss-reactive ketones (excluding diaryl/α,β-unsaturated/α-hetero) is 1. The molecule has 26 atom stereocenters. The number of hydrogen-bond acceptors (Lipinski definition) is 31. The molecule has 1 aliphatic carbocycles. The Bertz CT molecular complexity index is 3870. The van der Waals surface area contributed by atoms with Gasteiger partial charge in [0.2, 0.25) is 0 Å². The van der Waals surface area contributed by atoms with Gasteiger partial charge in [-0.25, -0.2) is 0 Å². The van der Waals surface area contributed by atoms with Crippen LogP contribution >= 0.6 is 0 Å². The van der Waals surface area contributed by atoms with E-state index < -0.39 is 232 Å². The number of ketones is 1. The molecule has 6 aromatic rings. The van der Waals surface area contributed by atoms with Crippen molar-refractivity contribution in [2.24, 2.45) is 11.8 Å². The quantitative estimate of drug-likeness (QED) is 0.0518. The SMILES string of the molecule is CC(=O)c1c(O)cc(O)c([C@H]2O[C@H](CO)[C@@H](O)[C@H](O)[C@@H]2O)c1O.Cc1ccc([C@H]2O[C@H](CO)[C@@H](O)[C@H](O)[C@@H]2O)cc1.Cc1cccc([C@H]2O[C@H](CO)[C@@H](O)[C@H](O)[C@@H]2O)c1.O=C(O)[C@@H](Cc1ccc2ccc(O)c([C@H]3O[C@H](CO)[C@@H](O)[C@H](O)[C@@H]3O)c2c1)CC1CCCCC1.OC[C@H]1O[C@H](c2ccccc2)[C@@H](O)[C@@H](O)[C@@H]1O. The number of ether oxygens (including phenoxy) is 5. The number of benzene rings is 6. The van der Waals surface area contributed by atoms with Crippen molar-refractivity contribution in [1.82, 2.24) is 0 Å². The first-order valence-electron chi connectivity index (χ1n) is 36.2. The number of phenols is 4. The molecule has 0 unspecified atom stereocenters. The minimum Gasteiger partial charge on any atom is -0.508 e. The number of carbonyl (C=O) groups excluding carboxylic acids is 1. The Balaban J connectivity index is 0.000000178. The van der Waals surface area contributed by atoms with Crippen molar-refractivity contribution in [2.75, 3.05) is 33.0 Å². The third kappa shape index (κ3) is 20.6.